The van der Waals surface area contributed by atoms with Crippen molar-refractivity contribution in [3.8, 4) is 23.0 Å². The number of rotatable bonds is 20. The van der Waals surface area contributed by atoms with Gasteiger partial charge in [0, 0.05) is 19.1 Å². The SMILES string of the molecule is C.CC1(C)OB(B2OC(C)(C)C(C)(C)O2)OC1(C)C.CCOCOCc1cc(Oc2ccc(S(=O)(=O)CC)cc2)ccc1B1OC(C)(C)C(C)(C)O1.CCOCOCc1cc(Oc2ccc(S(=O)(=O)CC)cc2)ccc1Br.[2HH]. The van der Waals surface area contributed by atoms with E-state index in [9.17, 15) is 16.8 Å². The van der Waals surface area contributed by atoms with Crippen molar-refractivity contribution in [2.45, 2.75) is 175 Å². The van der Waals surface area contributed by atoms with Crippen molar-refractivity contribution in [1.29, 1.82) is 0 Å². The van der Waals surface area contributed by atoms with Crippen LogP contribution >= 0.6 is 15.9 Å². The first-order chi connectivity index (χ1) is 35.3. The minimum absolute atomic E-state index is 0. The lowest BCUT2D eigenvalue weighted by Gasteiger charge is -2.32. The van der Waals surface area contributed by atoms with Gasteiger partial charge in [-0.1, -0.05) is 43.3 Å². The van der Waals surface area contributed by atoms with E-state index in [1.54, 1.807) is 62.4 Å². The second-order valence-corrected chi connectivity index (χ2v) is 26.7. The standard InChI is InChI=1S/C24H33BO7S.C18H21BrO5S.C12H24B2O4.CH4.H2/c1-7-28-17-29-16-18-15-20(30-19-9-12-21(13-10-19)33(26,27)8-2)11-14-22(18)25-31-23(3,4)24(5,6)32-25;1-3-22-13-23-12-14-11-16(7-10-18(14)19)24-15-5-8-17(9-6-15)25(20,21)4-2;1-9(2)10(3,4)16-13(15-9)14-17-11(5,6)12(7,8)18-14;;/h9-15H,7-8,16-17H2,1-6H3;5-11H,3-4,12-13H2,1-2H3;1-8H3;1H4;1H/i;;;;1+1. The van der Waals surface area contributed by atoms with Crippen molar-refractivity contribution in [3.63, 3.8) is 0 Å². The Bertz CT molecular complexity index is 2680. The monoisotopic (exact) mass is 1180 g/mol. The smallest absolute Gasteiger partial charge is 0.457 e. The molecular weight excluding hydrogens is 1090 g/mol. The van der Waals surface area contributed by atoms with Crippen molar-refractivity contribution in [2.75, 3.05) is 38.3 Å². The third-order valence-corrected chi connectivity index (χ3v) is 18.5. The highest BCUT2D eigenvalue weighted by Crippen LogP contribution is 2.43. The van der Waals surface area contributed by atoms with Crippen LogP contribution in [0.15, 0.2) is 99.2 Å². The van der Waals surface area contributed by atoms with E-state index in [1.807, 2.05) is 133 Å². The Kier molecular flexibility index (Phi) is 23.2. The summed E-state index contributed by atoms with van der Waals surface area (Å²) in [4.78, 5) is 0.571. The van der Waals surface area contributed by atoms with Crippen molar-refractivity contribution in [1.82, 2.24) is 0 Å². The average Bonchev–Trinajstić information content (AvgIpc) is 3.82. The van der Waals surface area contributed by atoms with Gasteiger partial charge in [0.2, 0.25) is 0 Å². The Morgan fingerprint density at radius 2 is 0.779 bits per heavy atom. The fourth-order valence-corrected chi connectivity index (χ4v) is 9.45. The van der Waals surface area contributed by atoms with Crippen LogP contribution in [-0.2, 0) is 79.8 Å². The molecular formula is C55H84B3BrO16S2. The minimum atomic E-state index is -3.26. The van der Waals surface area contributed by atoms with E-state index in [-0.39, 0.29) is 61.2 Å². The summed E-state index contributed by atoms with van der Waals surface area (Å²) in [5.41, 5.74) is 0.291. The molecule has 77 heavy (non-hydrogen) atoms. The van der Waals surface area contributed by atoms with E-state index in [2.05, 4.69) is 15.9 Å². The topological polar surface area (TPSA) is 179 Å². The molecule has 3 aliphatic heterocycles. The maximum atomic E-state index is 12.0. The molecule has 3 aliphatic rings. The first-order valence-electron chi connectivity index (χ1n) is 25.6. The van der Waals surface area contributed by atoms with Gasteiger partial charge in [-0.25, -0.2) is 16.8 Å². The van der Waals surface area contributed by atoms with Crippen LogP contribution in [-0.4, -0.2) is 110 Å². The first kappa shape index (κ1) is 66.2. The molecule has 0 aliphatic carbocycles. The number of halogens is 1. The van der Waals surface area contributed by atoms with Crippen LogP contribution in [0, 0.1) is 0 Å². The van der Waals surface area contributed by atoms with Crippen LogP contribution in [0.3, 0.4) is 0 Å². The van der Waals surface area contributed by atoms with Crippen LogP contribution in [0.25, 0.3) is 0 Å². The van der Waals surface area contributed by atoms with Crippen LogP contribution in [0.5, 0.6) is 23.0 Å². The van der Waals surface area contributed by atoms with Crippen LogP contribution in [0.4, 0.5) is 0 Å². The summed E-state index contributed by atoms with van der Waals surface area (Å²) in [6.45, 7) is 33.6. The molecule has 0 spiro atoms. The summed E-state index contributed by atoms with van der Waals surface area (Å²) >= 11 is 3.48. The Balaban J connectivity index is 0.000000317. The van der Waals surface area contributed by atoms with Gasteiger partial charge in [0.1, 0.15) is 36.6 Å². The fraction of sp³-hybridized carbons (Fsp3) is 0.564. The molecule has 0 amide bonds. The molecule has 4 aromatic rings. The first-order valence-corrected chi connectivity index (χ1v) is 29.7. The maximum Gasteiger partial charge on any atom is 0.495 e. The summed E-state index contributed by atoms with van der Waals surface area (Å²) in [5, 5.41) is 0. The quantitative estimate of drug-likeness (QED) is 0.0463. The van der Waals surface area contributed by atoms with E-state index in [1.165, 1.54) is 0 Å². The summed E-state index contributed by atoms with van der Waals surface area (Å²) in [6, 6.07) is 24.0. The highest BCUT2D eigenvalue weighted by atomic mass is 79.9. The molecule has 3 fully saturated rings. The molecule has 0 bridgehead atoms. The Hall–Kier alpha value is -3.35. The molecule has 0 unspecified atom stereocenters. The summed E-state index contributed by atoms with van der Waals surface area (Å²) in [7, 11) is -7.95. The van der Waals surface area contributed by atoms with Gasteiger partial charge >= 0.3 is 21.1 Å². The van der Waals surface area contributed by atoms with Gasteiger partial charge in [-0.3, -0.25) is 0 Å². The largest absolute Gasteiger partial charge is 0.495 e. The number of hydrogen-bond acceptors (Lipinski definition) is 16. The molecule has 0 aromatic heterocycles. The zero-order valence-electron chi connectivity index (χ0n) is 47.2. The number of hydrogen-bond donors (Lipinski definition) is 0. The number of ether oxygens (including phenoxy) is 6. The normalized spacial score (nSPS) is 18.6. The van der Waals surface area contributed by atoms with Gasteiger partial charge in [0.25, 0.3) is 0 Å². The predicted octanol–water partition coefficient (Wildman–Crippen LogP) is 11.8. The van der Waals surface area contributed by atoms with Gasteiger partial charge in [0.05, 0.1) is 68.1 Å². The lowest BCUT2D eigenvalue weighted by Crippen LogP contribution is -2.41. The van der Waals surface area contributed by atoms with Crippen molar-refractivity contribution in [2.24, 2.45) is 0 Å². The Labute approximate surface area is 471 Å². The highest BCUT2D eigenvalue weighted by Gasteiger charge is 2.63. The average molecular weight is 1180 g/mol. The molecule has 4 aromatic carbocycles. The zero-order chi connectivity index (χ0) is 56.5. The molecule has 3 heterocycles. The Morgan fingerprint density at radius 1 is 0.455 bits per heavy atom. The molecule has 22 heteroatoms. The van der Waals surface area contributed by atoms with E-state index >= 15 is 0 Å². The number of benzene rings is 4. The van der Waals surface area contributed by atoms with E-state index in [0.717, 1.165) is 21.1 Å². The highest BCUT2D eigenvalue weighted by molar-refractivity contribution is 9.10. The van der Waals surface area contributed by atoms with E-state index in [4.69, 9.17) is 56.3 Å². The van der Waals surface area contributed by atoms with Gasteiger partial charge in [-0.15, -0.1) is 0 Å². The van der Waals surface area contributed by atoms with E-state index < -0.39 is 52.0 Å². The summed E-state index contributed by atoms with van der Waals surface area (Å²) in [6.07, 6.45) is 0. The molecule has 0 atom stereocenters. The van der Waals surface area contributed by atoms with Gasteiger partial charge in [-0.05, 0) is 192 Å². The van der Waals surface area contributed by atoms with Gasteiger partial charge < -0.3 is 56.3 Å². The second kappa shape index (κ2) is 26.9. The van der Waals surface area contributed by atoms with Gasteiger partial charge in [-0.2, -0.15) is 0 Å². The second-order valence-electron chi connectivity index (χ2n) is 21.3. The molecule has 3 saturated heterocycles. The summed E-state index contributed by atoms with van der Waals surface area (Å²) in [5.74, 6) is 2.47. The van der Waals surface area contributed by atoms with Crippen molar-refractivity contribution in [3.05, 3.63) is 101 Å². The minimum Gasteiger partial charge on any atom is -0.457 e. The number of sulfone groups is 2. The maximum absolute atomic E-state index is 12.0. The van der Waals surface area contributed by atoms with Crippen LogP contribution in [0.2, 0.25) is 0 Å². The lowest BCUT2D eigenvalue weighted by molar-refractivity contribution is -0.0573. The molecule has 0 radical (unpaired) electrons. The van der Waals surface area contributed by atoms with Gasteiger partial charge in [0.15, 0.2) is 19.7 Å². The van der Waals surface area contributed by atoms with Crippen LogP contribution < -0.4 is 14.9 Å². The molecule has 7 rings (SSSR count). The van der Waals surface area contributed by atoms with E-state index in [0.29, 0.717) is 54.3 Å². The van der Waals surface area contributed by atoms with Crippen LogP contribution in [0.1, 0.15) is 131 Å². The predicted molar refractivity (Wildman–Crippen MR) is 308 cm³/mol. The Morgan fingerprint density at radius 3 is 1.14 bits per heavy atom. The van der Waals surface area contributed by atoms with Crippen molar-refractivity contribution >= 4 is 62.2 Å². The van der Waals surface area contributed by atoms with Crippen molar-refractivity contribution < 1.29 is 74.6 Å². The third kappa shape index (κ3) is 17.1. The third-order valence-electron chi connectivity index (χ3n) is 14.3. The molecule has 0 saturated carbocycles. The lowest BCUT2D eigenvalue weighted by atomic mass is 9.49. The molecule has 0 N–H and O–H groups in total. The zero-order valence-corrected chi connectivity index (χ0v) is 50.4. The molecule has 428 valence electrons. The fourth-order valence-electron chi connectivity index (χ4n) is 7.32. The summed E-state index contributed by atoms with van der Waals surface area (Å²) < 4.78 is 118. The molecule has 16 nitrogen and oxygen atoms in total.